The van der Waals surface area contributed by atoms with Gasteiger partial charge in [-0.25, -0.2) is 14.2 Å². The van der Waals surface area contributed by atoms with Gasteiger partial charge in [0, 0.05) is 51.1 Å². The lowest BCUT2D eigenvalue weighted by Crippen LogP contribution is -2.20. The maximum absolute atomic E-state index is 13.9. The molecule has 6 nitrogen and oxygen atoms in total. The molecule has 3 heterocycles. The van der Waals surface area contributed by atoms with Crippen molar-refractivity contribution in [3.8, 4) is 22.3 Å². The van der Waals surface area contributed by atoms with Crippen molar-refractivity contribution in [3.63, 3.8) is 0 Å². The number of pyridine rings is 2. The fraction of sp³-hybridized carbons (Fsp3) is 0.0385. The smallest absolute Gasteiger partial charge is 0.383 e. The Hall–Kier alpha value is -4.51. The quantitative estimate of drug-likeness (QED) is 0.214. The molecular formula is C26H17F4N5OS. The first-order chi connectivity index (χ1) is 17.7. The molecule has 3 aromatic heterocycles. The molecular weight excluding hydrogens is 506 g/mol. The lowest BCUT2D eigenvalue weighted by atomic mass is 10.0. The van der Waals surface area contributed by atoms with Crippen molar-refractivity contribution < 1.29 is 22.4 Å². The fourth-order valence-electron chi connectivity index (χ4n) is 3.82. The van der Waals surface area contributed by atoms with Crippen LogP contribution in [-0.4, -0.2) is 16.0 Å². The van der Waals surface area contributed by atoms with E-state index in [0.29, 0.717) is 29.7 Å². The molecule has 186 valence electrons. The van der Waals surface area contributed by atoms with Crippen molar-refractivity contribution in [2.24, 2.45) is 0 Å². The predicted octanol–water partition coefficient (Wildman–Crippen LogP) is 7.41. The number of benzene rings is 2. The Morgan fingerprint density at radius 2 is 1.73 bits per heavy atom. The highest BCUT2D eigenvalue weighted by Crippen LogP contribution is 2.41. The number of hydrogen-bond acceptors (Lipinski definition) is 5. The van der Waals surface area contributed by atoms with Crippen LogP contribution >= 0.6 is 11.3 Å². The number of aromatic nitrogens is 2. The van der Waals surface area contributed by atoms with Crippen LogP contribution in [0.3, 0.4) is 0 Å². The normalized spacial score (nSPS) is 11.5. The first-order valence-corrected chi connectivity index (χ1v) is 11.7. The zero-order chi connectivity index (χ0) is 26.2. The maximum Gasteiger partial charge on any atom is 0.416 e. The Bertz CT molecular complexity index is 1600. The van der Waals surface area contributed by atoms with E-state index in [9.17, 15) is 22.4 Å². The van der Waals surface area contributed by atoms with Crippen LogP contribution in [0.25, 0.3) is 32.3 Å². The molecule has 11 heteroatoms. The van der Waals surface area contributed by atoms with Gasteiger partial charge in [-0.05, 0) is 47.3 Å². The molecule has 0 saturated carbocycles. The zero-order valence-electron chi connectivity index (χ0n) is 18.8. The Morgan fingerprint density at radius 3 is 2.43 bits per heavy atom. The zero-order valence-corrected chi connectivity index (χ0v) is 19.6. The second-order valence-corrected chi connectivity index (χ2v) is 8.88. The van der Waals surface area contributed by atoms with Crippen LogP contribution in [0.2, 0.25) is 0 Å². The molecule has 0 spiro atoms. The molecule has 5 aromatic rings. The maximum atomic E-state index is 13.9. The second-order valence-electron chi connectivity index (χ2n) is 8.00. The van der Waals surface area contributed by atoms with Crippen molar-refractivity contribution in [1.82, 2.24) is 9.97 Å². The Morgan fingerprint density at radius 1 is 0.946 bits per heavy atom. The third kappa shape index (κ3) is 4.94. The van der Waals surface area contributed by atoms with Gasteiger partial charge in [-0.15, -0.1) is 11.3 Å². The fourth-order valence-corrected chi connectivity index (χ4v) is 4.94. The number of hydrogen-bond donors (Lipinski definition) is 3. The van der Waals surface area contributed by atoms with E-state index in [1.54, 1.807) is 42.9 Å². The number of nitrogens with one attached hydrogen (secondary N) is 2. The van der Waals surface area contributed by atoms with Crippen LogP contribution in [0.15, 0.2) is 78.6 Å². The van der Waals surface area contributed by atoms with Crippen LogP contribution in [0.1, 0.15) is 5.56 Å². The van der Waals surface area contributed by atoms with E-state index in [4.69, 9.17) is 5.73 Å². The first-order valence-electron chi connectivity index (χ1n) is 10.8. The van der Waals surface area contributed by atoms with E-state index in [2.05, 4.69) is 20.6 Å². The van der Waals surface area contributed by atoms with Crippen molar-refractivity contribution in [1.29, 1.82) is 0 Å². The molecule has 2 aromatic carbocycles. The minimum Gasteiger partial charge on any atom is -0.383 e. The number of carbonyl (C=O) groups is 1. The van der Waals surface area contributed by atoms with Crippen LogP contribution in [0.4, 0.5) is 39.5 Å². The second kappa shape index (κ2) is 9.51. The van der Waals surface area contributed by atoms with E-state index in [1.165, 1.54) is 11.3 Å². The van der Waals surface area contributed by atoms with Gasteiger partial charge in [0.1, 0.15) is 11.6 Å². The predicted molar refractivity (Wildman–Crippen MR) is 137 cm³/mol. The topological polar surface area (TPSA) is 92.9 Å². The molecule has 0 bridgehead atoms. The number of halogens is 4. The third-order valence-electron chi connectivity index (χ3n) is 5.59. The summed E-state index contributed by atoms with van der Waals surface area (Å²) >= 11 is 1.52. The Kier molecular flexibility index (Phi) is 6.22. The molecule has 0 aliphatic rings. The van der Waals surface area contributed by atoms with E-state index in [1.807, 2.05) is 17.5 Å². The van der Waals surface area contributed by atoms with Crippen LogP contribution in [-0.2, 0) is 6.18 Å². The van der Waals surface area contributed by atoms with Gasteiger partial charge < -0.3 is 16.4 Å². The number of fused-ring (bicyclic) bond motifs is 1. The SMILES string of the molecule is Nc1ncc(-c2cccnc2)c2scc(-c3ccc(NC(=O)Nc4cc(C(F)(F)F)ccc4F)cc3)c12. The van der Waals surface area contributed by atoms with Crippen LogP contribution in [0, 0.1) is 5.82 Å². The van der Waals surface area contributed by atoms with Gasteiger partial charge >= 0.3 is 12.2 Å². The molecule has 4 N–H and O–H groups in total. The van der Waals surface area contributed by atoms with Crippen molar-refractivity contribution >= 4 is 44.6 Å². The summed E-state index contributed by atoms with van der Waals surface area (Å²) in [5.74, 6) is -0.608. The van der Waals surface area contributed by atoms with Gasteiger partial charge in [0.15, 0.2) is 0 Å². The van der Waals surface area contributed by atoms with Gasteiger partial charge in [-0.2, -0.15) is 13.2 Å². The standard InChI is InChI=1S/C26H17F4N5OS/c27-20-8-5-16(26(28,29)30)10-21(20)35-25(36)34-17-6-3-14(4-7-17)19-13-37-23-18(12-33-24(31)22(19)23)15-2-1-9-32-11-15/h1-13H,(H2,31,33)(H2,34,35,36). The molecule has 5 rings (SSSR count). The van der Waals surface area contributed by atoms with Gasteiger partial charge in [0.05, 0.1) is 11.3 Å². The van der Waals surface area contributed by atoms with E-state index < -0.39 is 29.3 Å². The van der Waals surface area contributed by atoms with Crippen LogP contribution in [0.5, 0.6) is 0 Å². The van der Waals surface area contributed by atoms with Crippen LogP contribution < -0.4 is 16.4 Å². The lowest BCUT2D eigenvalue weighted by molar-refractivity contribution is -0.137. The summed E-state index contributed by atoms with van der Waals surface area (Å²) in [6.45, 7) is 0. The highest BCUT2D eigenvalue weighted by molar-refractivity contribution is 7.18. The number of rotatable bonds is 4. The summed E-state index contributed by atoms with van der Waals surface area (Å²) in [6, 6.07) is 11.5. The summed E-state index contributed by atoms with van der Waals surface area (Å²) in [6.07, 6.45) is 0.494. The van der Waals surface area contributed by atoms with Crippen molar-refractivity contribution in [2.45, 2.75) is 6.18 Å². The highest BCUT2D eigenvalue weighted by atomic mass is 32.1. The summed E-state index contributed by atoms with van der Waals surface area (Å²) in [5.41, 5.74) is 8.42. The third-order valence-corrected chi connectivity index (χ3v) is 6.61. The molecule has 2 amide bonds. The number of nitrogens with two attached hydrogens (primary N) is 1. The molecule has 37 heavy (non-hydrogen) atoms. The lowest BCUT2D eigenvalue weighted by Gasteiger charge is -2.12. The minimum atomic E-state index is -4.67. The first kappa shape index (κ1) is 24.2. The summed E-state index contributed by atoms with van der Waals surface area (Å²) < 4.78 is 53.6. The van der Waals surface area contributed by atoms with Gasteiger partial charge in [0.25, 0.3) is 0 Å². The number of anilines is 3. The number of nitrogens with zero attached hydrogens (tertiary/aromatic N) is 2. The van der Waals surface area contributed by atoms with Gasteiger partial charge in [-0.1, -0.05) is 18.2 Å². The molecule has 0 fully saturated rings. The summed E-state index contributed by atoms with van der Waals surface area (Å²) in [7, 11) is 0. The van der Waals surface area contributed by atoms with Crippen molar-refractivity contribution in [2.75, 3.05) is 16.4 Å². The van der Waals surface area contributed by atoms with E-state index in [-0.39, 0.29) is 0 Å². The number of amides is 2. The summed E-state index contributed by atoms with van der Waals surface area (Å²) in [5, 5.41) is 7.36. The Labute approximate surface area is 211 Å². The number of thiophene rings is 1. The Balaban J connectivity index is 1.37. The minimum absolute atomic E-state index is 0.357. The average molecular weight is 524 g/mol. The number of carbonyl (C=O) groups excluding carboxylic acids is 1. The molecule has 0 atom stereocenters. The number of urea groups is 1. The van der Waals surface area contributed by atoms with E-state index in [0.717, 1.165) is 32.3 Å². The van der Waals surface area contributed by atoms with Gasteiger partial charge in [0.2, 0.25) is 0 Å². The molecule has 0 radical (unpaired) electrons. The monoisotopic (exact) mass is 523 g/mol. The average Bonchev–Trinajstić information content (AvgIpc) is 3.32. The summed E-state index contributed by atoms with van der Waals surface area (Å²) in [4.78, 5) is 20.8. The number of alkyl halides is 3. The molecule has 0 saturated heterocycles. The largest absolute Gasteiger partial charge is 0.416 e. The molecule has 0 aliphatic carbocycles. The van der Waals surface area contributed by atoms with Gasteiger partial charge in [-0.3, -0.25) is 4.98 Å². The molecule has 0 unspecified atom stereocenters. The van der Waals surface area contributed by atoms with E-state index >= 15 is 0 Å². The highest BCUT2D eigenvalue weighted by Gasteiger charge is 2.31. The van der Waals surface area contributed by atoms with Crippen molar-refractivity contribution in [3.05, 3.63) is 89.9 Å². The number of nitrogen functional groups attached to an aromatic ring is 1. The molecule has 0 aliphatic heterocycles.